The number of aromatic nitrogens is 5. The van der Waals surface area contributed by atoms with E-state index in [1.807, 2.05) is 0 Å². The molecule has 10 heteroatoms. The van der Waals surface area contributed by atoms with Crippen molar-refractivity contribution >= 4 is 11.6 Å². The normalized spacial score (nSPS) is 11.6. The molecule has 0 aliphatic rings. The predicted octanol–water partition coefficient (Wildman–Crippen LogP) is 4.70. The number of alkyl halides is 3. The van der Waals surface area contributed by atoms with Crippen LogP contribution in [0.25, 0.3) is 11.4 Å². The molecule has 0 spiro atoms. The quantitative estimate of drug-likeness (QED) is 0.470. The molecule has 148 valence electrons. The summed E-state index contributed by atoms with van der Waals surface area (Å²) in [6.45, 7) is -0.128. The van der Waals surface area contributed by atoms with Gasteiger partial charge in [-0.05, 0) is 42.5 Å². The number of rotatable bonds is 5. The fraction of sp³-hybridized carbons (Fsp3) is 0.105. The minimum atomic E-state index is -4.58. The number of hydrogen-bond acceptors (Lipinski definition) is 4. The number of hydrogen-bond donors (Lipinski definition) is 0. The van der Waals surface area contributed by atoms with Crippen molar-refractivity contribution in [2.45, 2.75) is 12.8 Å². The van der Waals surface area contributed by atoms with E-state index in [4.69, 9.17) is 16.3 Å². The van der Waals surface area contributed by atoms with Gasteiger partial charge in [0, 0.05) is 0 Å². The van der Waals surface area contributed by atoms with Crippen molar-refractivity contribution in [3.8, 4) is 17.1 Å². The second-order valence-corrected chi connectivity index (χ2v) is 6.41. The second kappa shape index (κ2) is 7.59. The van der Waals surface area contributed by atoms with Gasteiger partial charge in [0.1, 0.15) is 25.0 Å². The molecule has 2 aromatic carbocycles. The lowest BCUT2D eigenvalue weighted by Crippen LogP contribution is -2.08. The molecule has 0 saturated heterocycles. The van der Waals surface area contributed by atoms with E-state index in [-0.39, 0.29) is 17.3 Å². The third-order valence-corrected chi connectivity index (χ3v) is 4.38. The summed E-state index contributed by atoms with van der Waals surface area (Å²) in [6, 6.07) is 14.4. The van der Waals surface area contributed by atoms with Crippen LogP contribution in [-0.4, -0.2) is 24.5 Å². The molecule has 4 aromatic rings. The van der Waals surface area contributed by atoms with E-state index >= 15 is 0 Å². The second-order valence-electron chi connectivity index (χ2n) is 6.00. The minimum absolute atomic E-state index is 0.128. The van der Waals surface area contributed by atoms with Crippen LogP contribution < -0.4 is 4.74 Å². The van der Waals surface area contributed by atoms with Gasteiger partial charge >= 0.3 is 6.18 Å². The van der Waals surface area contributed by atoms with Crippen LogP contribution in [0.4, 0.5) is 13.2 Å². The molecule has 2 aromatic heterocycles. The standard InChI is InChI=1S/C19H13ClF3N5O/c20-16-3-1-2-4-17(16)28-14(9-18(26-28)19(21,22)23)10-29-15-7-5-13(6-8-15)27-12-24-11-25-27/h1-9,11-12H,10H2. The van der Waals surface area contributed by atoms with Gasteiger partial charge in [-0.2, -0.15) is 23.4 Å². The summed E-state index contributed by atoms with van der Waals surface area (Å²) in [4.78, 5) is 3.87. The van der Waals surface area contributed by atoms with Crippen LogP contribution in [-0.2, 0) is 12.8 Å². The number of halogens is 4. The summed E-state index contributed by atoms with van der Waals surface area (Å²) in [5.41, 5.74) is 0.309. The Labute approximate surface area is 168 Å². The summed E-state index contributed by atoms with van der Waals surface area (Å²) < 4.78 is 47.9. The zero-order valence-electron chi connectivity index (χ0n) is 14.7. The first kappa shape index (κ1) is 19.0. The fourth-order valence-electron chi connectivity index (χ4n) is 2.69. The lowest BCUT2D eigenvalue weighted by Gasteiger charge is -2.11. The van der Waals surface area contributed by atoms with Gasteiger partial charge in [-0.25, -0.2) is 14.3 Å². The number of benzene rings is 2. The lowest BCUT2D eigenvalue weighted by molar-refractivity contribution is -0.141. The summed E-state index contributed by atoms with van der Waals surface area (Å²) in [6.07, 6.45) is -1.62. The molecule has 0 saturated carbocycles. The van der Waals surface area contributed by atoms with Gasteiger partial charge in [-0.1, -0.05) is 23.7 Å². The lowest BCUT2D eigenvalue weighted by atomic mass is 10.3. The summed E-state index contributed by atoms with van der Waals surface area (Å²) in [7, 11) is 0. The van der Waals surface area contributed by atoms with Gasteiger partial charge in [-0.15, -0.1) is 0 Å². The maximum atomic E-state index is 13.2. The van der Waals surface area contributed by atoms with Crippen LogP contribution in [0.2, 0.25) is 5.02 Å². The Morgan fingerprint density at radius 3 is 2.45 bits per heavy atom. The molecule has 29 heavy (non-hydrogen) atoms. The molecule has 0 atom stereocenters. The van der Waals surface area contributed by atoms with E-state index in [1.165, 1.54) is 6.33 Å². The van der Waals surface area contributed by atoms with E-state index in [0.29, 0.717) is 11.4 Å². The Bertz CT molecular complexity index is 1110. The highest BCUT2D eigenvalue weighted by molar-refractivity contribution is 6.32. The zero-order valence-corrected chi connectivity index (χ0v) is 15.5. The van der Waals surface area contributed by atoms with Gasteiger partial charge in [0.25, 0.3) is 0 Å². The van der Waals surface area contributed by atoms with Crippen molar-refractivity contribution in [3.63, 3.8) is 0 Å². The number of para-hydroxylation sites is 1. The van der Waals surface area contributed by atoms with E-state index in [9.17, 15) is 13.2 Å². The van der Waals surface area contributed by atoms with Crippen LogP contribution in [0.5, 0.6) is 5.75 Å². The Hall–Kier alpha value is -3.33. The highest BCUT2D eigenvalue weighted by Crippen LogP contribution is 2.31. The molecule has 0 aliphatic heterocycles. The van der Waals surface area contributed by atoms with E-state index in [2.05, 4.69) is 15.2 Å². The van der Waals surface area contributed by atoms with Crippen molar-refractivity contribution in [2.24, 2.45) is 0 Å². The molecular formula is C19H13ClF3N5O. The van der Waals surface area contributed by atoms with Gasteiger partial charge < -0.3 is 4.74 Å². The summed E-state index contributed by atoms with van der Waals surface area (Å²) in [5, 5.41) is 7.98. The van der Waals surface area contributed by atoms with E-state index in [0.717, 1.165) is 16.4 Å². The van der Waals surface area contributed by atoms with Crippen molar-refractivity contribution in [2.75, 3.05) is 0 Å². The topological polar surface area (TPSA) is 57.8 Å². The molecule has 0 N–H and O–H groups in total. The average molecular weight is 420 g/mol. The first-order chi connectivity index (χ1) is 13.9. The molecule has 0 aliphatic carbocycles. The molecule has 2 heterocycles. The van der Waals surface area contributed by atoms with Crippen LogP contribution in [0.3, 0.4) is 0 Å². The zero-order chi connectivity index (χ0) is 20.4. The highest BCUT2D eigenvalue weighted by atomic mass is 35.5. The van der Waals surface area contributed by atoms with E-state index < -0.39 is 11.9 Å². The molecule has 0 amide bonds. The van der Waals surface area contributed by atoms with Crippen molar-refractivity contribution < 1.29 is 17.9 Å². The van der Waals surface area contributed by atoms with Gasteiger partial charge in [0.05, 0.1) is 22.1 Å². The molecule has 0 unspecified atom stereocenters. The Morgan fingerprint density at radius 2 is 1.79 bits per heavy atom. The minimum Gasteiger partial charge on any atom is -0.487 e. The maximum Gasteiger partial charge on any atom is 0.435 e. The Morgan fingerprint density at radius 1 is 1.03 bits per heavy atom. The summed E-state index contributed by atoms with van der Waals surface area (Å²) in [5.74, 6) is 0.481. The van der Waals surface area contributed by atoms with Gasteiger partial charge in [-0.3, -0.25) is 0 Å². The molecular weight excluding hydrogens is 407 g/mol. The van der Waals surface area contributed by atoms with Crippen LogP contribution in [0.1, 0.15) is 11.4 Å². The van der Waals surface area contributed by atoms with Gasteiger partial charge in [0.15, 0.2) is 5.69 Å². The fourth-order valence-corrected chi connectivity index (χ4v) is 2.90. The molecule has 0 fully saturated rings. The van der Waals surface area contributed by atoms with E-state index in [1.54, 1.807) is 59.5 Å². The smallest absolute Gasteiger partial charge is 0.435 e. The molecule has 0 bridgehead atoms. The van der Waals surface area contributed by atoms with Crippen molar-refractivity contribution in [1.29, 1.82) is 0 Å². The third kappa shape index (κ3) is 4.09. The van der Waals surface area contributed by atoms with Crippen LogP contribution >= 0.6 is 11.6 Å². The van der Waals surface area contributed by atoms with Crippen molar-refractivity contribution in [3.05, 3.63) is 83.7 Å². The monoisotopic (exact) mass is 419 g/mol. The summed E-state index contributed by atoms with van der Waals surface area (Å²) >= 11 is 6.14. The number of nitrogens with zero attached hydrogens (tertiary/aromatic N) is 5. The van der Waals surface area contributed by atoms with Crippen LogP contribution in [0, 0.1) is 0 Å². The maximum absolute atomic E-state index is 13.2. The highest BCUT2D eigenvalue weighted by Gasteiger charge is 2.35. The Balaban J connectivity index is 1.59. The molecule has 6 nitrogen and oxygen atoms in total. The number of ether oxygens (including phenoxy) is 1. The third-order valence-electron chi connectivity index (χ3n) is 4.06. The van der Waals surface area contributed by atoms with Gasteiger partial charge in [0.2, 0.25) is 0 Å². The van der Waals surface area contributed by atoms with Crippen LogP contribution in [0.15, 0.2) is 67.3 Å². The molecule has 4 rings (SSSR count). The van der Waals surface area contributed by atoms with Crippen molar-refractivity contribution in [1.82, 2.24) is 24.5 Å². The average Bonchev–Trinajstić information content (AvgIpc) is 3.37. The molecule has 0 radical (unpaired) electrons. The largest absolute Gasteiger partial charge is 0.487 e. The first-order valence-electron chi connectivity index (χ1n) is 8.41. The Kier molecular flexibility index (Phi) is 4.98. The first-order valence-corrected chi connectivity index (χ1v) is 8.78. The SMILES string of the molecule is FC(F)(F)c1cc(COc2ccc(-n3cncn3)cc2)n(-c2ccccc2Cl)n1. The predicted molar refractivity (Wildman–Crippen MR) is 99.3 cm³/mol.